The van der Waals surface area contributed by atoms with Crippen LogP contribution >= 0.6 is 15.9 Å². The van der Waals surface area contributed by atoms with E-state index in [1.165, 1.54) is 16.8 Å². The molecule has 0 aromatic carbocycles. The number of alkyl halides is 1. The lowest BCUT2D eigenvalue weighted by Crippen LogP contribution is -2.38. The van der Waals surface area contributed by atoms with Crippen LogP contribution in [0, 0.1) is 0 Å². The van der Waals surface area contributed by atoms with Crippen LogP contribution in [0.25, 0.3) is 0 Å². The predicted molar refractivity (Wildman–Crippen MR) is 63.9 cm³/mol. The van der Waals surface area contributed by atoms with Crippen molar-refractivity contribution in [2.75, 3.05) is 13.1 Å². The van der Waals surface area contributed by atoms with Crippen molar-refractivity contribution in [3.05, 3.63) is 12.5 Å². The van der Waals surface area contributed by atoms with Gasteiger partial charge in [0, 0.05) is 31.2 Å². The number of aryl methyl sites for hydroxylation is 1. The van der Waals surface area contributed by atoms with Gasteiger partial charge in [-0.1, -0.05) is 15.9 Å². The first-order chi connectivity index (χ1) is 7.50. The summed E-state index contributed by atoms with van der Waals surface area (Å²) in [5.74, 6) is 0. The molecule has 16 heavy (non-hydrogen) atoms. The topological polar surface area (TPSA) is 55.2 Å². The average molecular weight is 308 g/mol. The summed E-state index contributed by atoms with van der Waals surface area (Å²) in [6, 6.07) is 0. The van der Waals surface area contributed by atoms with Gasteiger partial charge in [-0.2, -0.15) is 4.31 Å². The summed E-state index contributed by atoms with van der Waals surface area (Å²) in [5, 5.41) is 0.142. The monoisotopic (exact) mass is 307 g/mol. The molecule has 0 amide bonds. The van der Waals surface area contributed by atoms with E-state index in [9.17, 15) is 8.42 Å². The molecular formula is C9H14BrN3O2S. The van der Waals surface area contributed by atoms with Gasteiger partial charge in [-0.25, -0.2) is 13.4 Å². The zero-order valence-electron chi connectivity index (χ0n) is 9.00. The summed E-state index contributed by atoms with van der Waals surface area (Å²) in [6.45, 7) is 1.13. The molecule has 0 radical (unpaired) electrons. The molecule has 2 rings (SSSR count). The summed E-state index contributed by atoms with van der Waals surface area (Å²) >= 11 is 3.50. The zero-order valence-corrected chi connectivity index (χ0v) is 11.4. The smallest absolute Gasteiger partial charge is 0.262 e. The standard InChI is InChI=1S/C9H14BrN3O2S/c1-12-6-9(11-7-12)16(14,15)13-4-2-8(10)3-5-13/h6-8H,2-5H2,1H3. The molecule has 1 aliphatic heterocycles. The number of aromatic nitrogens is 2. The van der Waals surface area contributed by atoms with E-state index in [-0.39, 0.29) is 5.03 Å². The minimum Gasteiger partial charge on any atom is -0.339 e. The second-order valence-corrected chi connectivity index (χ2v) is 7.14. The number of piperidine rings is 1. The molecule has 0 saturated carbocycles. The van der Waals surface area contributed by atoms with Crippen LogP contribution in [0.5, 0.6) is 0 Å². The molecule has 5 nitrogen and oxygen atoms in total. The molecule has 90 valence electrons. The maximum atomic E-state index is 12.1. The highest BCUT2D eigenvalue weighted by Crippen LogP contribution is 2.22. The minimum absolute atomic E-state index is 0.142. The predicted octanol–water partition coefficient (Wildman–Crippen LogP) is 0.968. The lowest BCUT2D eigenvalue weighted by Gasteiger charge is -2.27. The van der Waals surface area contributed by atoms with Gasteiger partial charge in [-0.15, -0.1) is 0 Å². The van der Waals surface area contributed by atoms with E-state index < -0.39 is 10.0 Å². The van der Waals surface area contributed by atoms with Gasteiger partial charge in [0.2, 0.25) is 0 Å². The Morgan fingerprint density at radius 2 is 2.06 bits per heavy atom. The largest absolute Gasteiger partial charge is 0.339 e. The molecule has 0 unspecified atom stereocenters. The van der Waals surface area contributed by atoms with Crippen LogP contribution in [0.15, 0.2) is 17.6 Å². The highest BCUT2D eigenvalue weighted by Gasteiger charge is 2.29. The molecule has 1 saturated heterocycles. The third-order valence-corrected chi connectivity index (χ3v) is 5.37. The van der Waals surface area contributed by atoms with Crippen molar-refractivity contribution in [1.29, 1.82) is 0 Å². The highest BCUT2D eigenvalue weighted by atomic mass is 79.9. The molecule has 0 aliphatic carbocycles. The Bertz CT molecular complexity index is 463. The number of rotatable bonds is 2. The van der Waals surface area contributed by atoms with Crippen LogP contribution in [-0.4, -0.2) is 40.2 Å². The summed E-state index contributed by atoms with van der Waals surface area (Å²) in [4.78, 5) is 4.34. The van der Waals surface area contributed by atoms with Crippen molar-refractivity contribution in [3.8, 4) is 0 Å². The van der Waals surface area contributed by atoms with E-state index >= 15 is 0 Å². The number of hydrogen-bond donors (Lipinski definition) is 0. The quantitative estimate of drug-likeness (QED) is 0.765. The molecule has 0 atom stereocenters. The van der Waals surface area contributed by atoms with E-state index in [4.69, 9.17) is 0 Å². The minimum atomic E-state index is -3.38. The lowest BCUT2D eigenvalue weighted by atomic mass is 10.2. The second-order valence-electron chi connectivity index (χ2n) is 3.96. The Labute approximate surface area is 104 Å². The molecule has 1 aliphatic rings. The molecule has 0 spiro atoms. The van der Waals surface area contributed by atoms with Gasteiger partial charge in [0.1, 0.15) is 0 Å². The van der Waals surface area contributed by atoms with Crippen LogP contribution in [0.1, 0.15) is 12.8 Å². The van der Waals surface area contributed by atoms with Crippen LogP contribution in [0.4, 0.5) is 0 Å². The fraction of sp³-hybridized carbons (Fsp3) is 0.667. The van der Waals surface area contributed by atoms with Crippen LogP contribution in [-0.2, 0) is 17.1 Å². The normalized spacial score (nSPS) is 20.1. The summed E-state index contributed by atoms with van der Waals surface area (Å²) in [5.41, 5.74) is 0. The van der Waals surface area contributed by atoms with Gasteiger partial charge in [-0.05, 0) is 12.8 Å². The van der Waals surface area contributed by atoms with Crippen molar-refractivity contribution < 1.29 is 8.42 Å². The van der Waals surface area contributed by atoms with Crippen molar-refractivity contribution in [1.82, 2.24) is 13.9 Å². The first-order valence-electron chi connectivity index (χ1n) is 5.12. The Balaban J connectivity index is 2.20. The molecule has 0 bridgehead atoms. The van der Waals surface area contributed by atoms with Gasteiger partial charge in [0.15, 0.2) is 5.03 Å². The van der Waals surface area contributed by atoms with Gasteiger partial charge in [-0.3, -0.25) is 0 Å². The first-order valence-corrected chi connectivity index (χ1v) is 7.48. The highest BCUT2D eigenvalue weighted by molar-refractivity contribution is 9.09. The van der Waals surface area contributed by atoms with E-state index in [0.717, 1.165) is 12.8 Å². The fourth-order valence-electron chi connectivity index (χ4n) is 1.72. The Hall–Kier alpha value is -0.400. The molecular weight excluding hydrogens is 294 g/mol. The number of imidazole rings is 1. The molecule has 2 heterocycles. The Kier molecular flexibility index (Phi) is 3.37. The van der Waals surface area contributed by atoms with Gasteiger partial charge >= 0.3 is 0 Å². The number of halogens is 1. The average Bonchev–Trinajstić information content (AvgIpc) is 2.66. The fourth-order valence-corrected chi connectivity index (χ4v) is 3.56. The molecule has 1 aromatic heterocycles. The van der Waals surface area contributed by atoms with Crippen LogP contribution in [0.2, 0.25) is 0 Å². The zero-order chi connectivity index (χ0) is 11.8. The molecule has 7 heteroatoms. The number of sulfonamides is 1. The first kappa shape index (κ1) is 12.1. The summed E-state index contributed by atoms with van der Waals surface area (Å²) in [6.07, 6.45) is 4.75. The van der Waals surface area contributed by atoms with Gasteiger partial charge < -0.3 is 4.57 Å². The van der Waals surface area contributed by atoms with E-state index in [2.05, 4.69) is 20.9 Å². The second kappa shape index (κ2) is 4.46. The number of nitrogens with zero attached hydrogens (tertiary/aromatic N) is 3. The van der Waals surface area contributed by atoms with Gasteiger partial charge in [0.25, 0.3) is 10.0 Å². The van der Waals surface area contributed by atoms with Crippen LogP contribution < -0.4 is 0 Å². The molecule has 0 N–H and O–H groups in total. The van der Waals surface area contributed by atoms with E-state index in [1.54, 1.807) is 11.6 Å². The van der Waals surface area contributed by atoms with Crippen LogP contribution in [0.3, 0.4) is 0 Å². The number of hydrogen-bond acceptors (Lipinski definition) is 3. The van der Waals surface area contributed by atoms with Crippen molar-refractivity contribution in [3.63, 3.8) is 0 Å². The molecule has 1 aromatic rings. The van der Waals surface area contributed by atoms with Crippen molar-refractivity contribution >= 4 is 26.0 Å². The maximum absolute atomic E-state index is 12.1. The van der Waals surface area contributed by atoms with Crippen molar-refractivity contribution in [2.45, 2.75) is 22.7 Å². The lowest BCUT2D eigenvalue weighted by molar-refractivity contribution is 0.353. The third kappa shape index (κ3) is 2.31. The Morgan fingerprint density at radius 1 is 1.44 bits per heavy atom. The van der Waals surface area contributed by atoms with Crippen molar-refractivity contribution in [2.24, 2.45) is 7.05 Å². The summed E-state index contributed by atoms with van der Waals surface area (Å²) < 4.78 is 27.4. The third-order valence-electron chi connectivity index (χ3n) is 2.67. The van der Waals surface area contributed by atoms with E-state index in [0.29, 0.717) is 17.9 Å². The van der Waals surface area contributed by atoms with E-state index in [1.807, 2.05) is 0 Å². The SMILES string of the molecule is Cn1cnc(S(=O)(=O)N2CCC(Br)CC2)c1. The summed E-state index contributed by atoms with van der Waals surface area (Å²) in [7, 11) is -1.62. The maximum Gasteiger partial charge on any atom is 0.262 e. The molecule has 1 fully saturated rings. The Morgan fingerprint density at radius 3 is 2.56 bits per heavy atom. The van der Waals surface area contributed by atoms with Gasteiger partial charge in [0.05, 0.1) is 6.33 Å².